The molecule has 1 aliphatic heterocycles. The van der Waals surface area contributed by atoms with Crippen LogP contribution in [0.2, 0.25) is 0 Å². The van der Waals surface area contributed by atoms with E-state index in [0.717, 1.165) is 59.1 Å². The summed E-state index contributed by atoms with van der Waals surface area (Å²) in [6, 6.07) is 10.5. The quantitative estimate of drug-likeness (QED) is 0.501. The smallest absolute Gasteiger partial charge is 0.275 e. The number of aromatic nitrogens is 1. The number of carbonyl (C=O) groups is 2. The lowest BCUT2D eigenvalue weighted by Crippen LogP contribution is -2.65. The number of aryl methyl sites for hydroxylation is 3. The van der Waals surface area contributed by atoms with Crippen LogP contribution in [0.15, 0.2) is 30.3 Å². The fourth-order valence-electron chi connectivity index (χ4n) is 5.59. The lowest BCUT2D eigenvalue weighted by molar-refractivity contribution is -0.127. The summed E-state index contributed by atoms with van der Waals surface area (Å²) >= 11 is 1.74. The highest BCUT2D eigenvalue weighted by Gasteiger charge is 2.49. The molecule has 2 amide bonds. The standard InChI is InChI=1S/C28H35N3O2S/c1-6-21-14-23-25(34-21)15-24-26(32)31(22-13-18(3)7-10-19(22)4)28(5,16-30(23)24)27(33)29-20-11-8-17(2)9-12-20/h7,10,13-15,17,20H,6,8-9,11-12,16H2,1-5H3,(H,29,33). The number of amides is 2. The first-order valence-electron chi connectivity index (χ1n) is 12.6. The van der Waals surface area contributed by atoms with Crippen LogP contribution in [0.25, 0.3) is 10.2 Å². The van der Waals surface area contributed by atoms with Crippen molar-refractivity contribution in [3.63, 3.8) is 0 Å². The van der Waals surface area contributed by atoms with Gasteiger partial charge in [-0.15, -0.1) is 11.3 Å². The van der Waals surface area contributed by atoms with Gasteiger partial charge >= 0.3 is 0 Å². The molecule has 5 nitrogen and oxygen atoms in total. The van der Waals surface area contributed by atoms with Crippen molar-refractivity contribution >= 4 is 39.1 Å². The lowest BCUT2D eigenvalue weighted by atomic mass is 9.86. The number of hydrogen-bond donors (Lipinski definition) is 1. The normalized spacial score (nSPS) is 25.0. The number of benzene rings is 1. The second-order valence-electron chi connectivity index (χ2n) is 10.6. The summed E-state index contributed by atoms with van der Waals surface area (Å²) in [5.74, 6) is 0.560. The molecule has 1 fully saturated rings. The molecule has 0 saturated heterocycles. The zero-order chi connectivity index (χ0) is 24.2. The minimum atomic E-state index is -1.02. The van der Waals surface area contributed by atoms with Gasteiger partial charge in [-0.2, -0.15) is 0 Å². The number of hydrogen-bond acceptors (Lipinski definition) is 3. The van der Waals surface area contributed by atoms with E-state index in [1.54, 1.807) is 16.2 Å². The molecule has 1 unspecified atom stereocenters. The average Bonchev–Trinajstić information content (AvgIpc) is 3.36. The van der Waals surface area contributed by atoms with E-state index in [1.165, 1.54) is 4.88 Å². The number of fused-ring (bicyclic) bond motifs is 3. The van der Waals surface area contributed by atoms with Gasteiger partial charge in [0, 0.05) is 16.6 Å². The molecular weight excluding hydrogens is 442 g/mol. The third-order valence-electron chi connectivity index (χ3n) is 7.82. The van der Waals surface area contributed by atoms with Crippen molar-refractivity contribution in [3.8, 4) is 0 Å². The fourth-order valence-corrected chi connectivity index (χ4v) is 6.63. The molecule has 2 aromatic heterocycles. The monoisotopic (exact) mass is 477 g/mol. The number of nitrogens with one attached hydrogen (secondary N) is 1. The van der Waals surface area contributed by atoms with Crippen LogP contribution in [0.4, 0.5) is 5.69 Å². The van der Waals surface area contributed by atoms with Crippen LogP contribution in [-0.4, -0.2) is 28.0 Å². The Morgan fingerprint density at radius 3 is 2.59 bits per heavy atom. The molecule has 1 aliphatic carbocycles. The summed E-state index contributed by atoms with van der Waals surface area (Å²) in [5, 5.41) is 3.35. The molecule has 3 heterocycles. The minimum absolute atomic E-state index is 0.0558. The number of anilines is 1. The van der Waals surface area contributed by atoms with E-state index in [-0.39, 0.29) is 17.9 Å². The molecule has 180 valence electrons. The molecule has 1 saturated carbocycles. The summed E-state index contributed by atoms with van der Waals surface area (Å²) in [4.78, 5) is 31.2. The first kappa shape index (κ1) is 23.2. The summed E-state index contributed by atoms with van der Waals surface area (Å²) in [5.41, 5.74) is 3.61. The summed E-state index contributed by atoms with van der Waals surface area (Å²) in [6.45, 7) is 10.9. The molecule has 0 bridgehead atoms. The van der Waals surface area contributed by atoms with Crippen LogP contribution >= 0.6 is 11.3 Å². The zero-order valence-corrected chi connectivity index (χ0v) is 21.7. The minimum Gasteiger partial charge on any atom is -0.351 e. The van der Waals surface area contributed by atoms with E-state index < -0.39 is 5.54 Å². The van der Waals surface area contributed by atoms with E-state index in [1.807, 2.05) is 39.0 Å². The van der Waals surface area contributed by atoms with Crippen LogP contribution in [0.5, 0.6) is 0 Å². The van der Waals surface area contributed by atoms with Gasteiger partial charge in [0.05, 0.1) is 16.8 Å². The summed E-state index contributed by atoms with van der Waals surface area (Å²) in [6.07, 6.45) is 5.25. The van der Waals surface area contributed by atoms with Gasteiger partial charge in [-0.05, 0) is 88.1 Å². The third-order valence-corrected chi connectivity index (χ3v) is 9.03. The van der Waals surface area contributed by atoms with E-state index in [9.17, 15) is 9.59 Å². The topological polar surface area (TPSA) is 54.3 Å². The van der Waals surface area contributed by atoms with Crippen molar-refractivity contribution in [1.29, 1.82) is 0 Å². The Kier molecular flexibility index (Phi) is 5.83. The number of thiophene rings is 1. The lowest BCUT2D eigenvalue weighted by Gasteiger charge is -2.45. The summed E-state index contributed by atoms with van der Waals surface area (Å²) < 4.78 is 3.20. The molecular formula is C28H35N3O2S. The highest BCUT2D eigenvalue weighted by Crippen LogP contribution is 2.40. The van der Waals surface area contributed by atoms with Gasteiger partial charge in [-0.25, -0.2) is 0 Å². The van der Waals surface area contributed by atoms with Crippen molar-refractivity contribution in [2.45, 2.75) is 84.8 Å². The van der Waals surface area contributed by atoms with Crippen LogP contribution in [0.1, 0.15) is 72.9 Å². The van der Waals surface area contributed by atoms with E-state index in [0.29, 0.717) is 18.2 Å². The maximum absolute atomic E-state index is 14.1. The molecule has 6 heteroatoms. The van der Waals surface area contributed by atoms with Crippen molar-refractivity contribution < 1.29 is 9.59 Å². The van der Waals surface area contributed by atoms with Crippen molar-refractivity contribution in [2.24, 2.45) is 5.92 Å². The molecule has 2 aliphatic rings. The Balaban J connectivity index is 1.60. The molecule has 1 N–H and O–H groups in total. The fraction of sp³-hybridized carbons (Fsp3) is 0.500. The highest BCUT2D eigenvalue weighted by atomic mass is 32.1. The molecule has 34 heavy (non-hydrogen) atoms. The van der Waals surface area contributed by atoms with E-state index in [2.05, 4.69) is 35.9 Å². The van der Waals surface area contributed by atoms with E-state index in [4.69, 9.17) is 0 Å². The molecule has 5 rings (SSSR count). The van der Waals surface area contributed by atoms with Gasteiger partial charge in [0.25, 0.3) is 5.91 Å². The van der Waals surface area contributed by atoms with Crippen LogP contribution in [-0.2, 0) is 17.8 Å². The molecule has 0 spiro atoms. The van der Waals surface area contributed by atoms with Gasteiger partial charge in [0.2, 0.25) is 5.91 Å². The Morgan fingerprint density at radius 2 is 1.88 bits per heavy atom. The van der Waals surface area contributed by atoms with Gasteiger partial charge < -0.3 is 9.88 Å². The van der Waals surface area contributed by atoms with E-state index >= 15 is 0 Å². The van der Waals surface area contributed by atoms with Crippen molar-refractivity contribution in [3.05, 3.63) is 52.0 Å². The second kappa shape index (κ2) is 8.56. The van der Waals surface area contributed by atoms with Crippen molar-refractivity contribution in [2.75, 3.05) is 4.90 Å². The SMILES string of the molecule is CCc1cc2c(cc3n2CC(C)(C(=O)NC2CCC(C)CC2)N(c2cc(C)ccc2C)C3=O)s1. The Labute approximate surface area is 206 Å². The molecule has 1 aromatic carbocycles. The number of carbonyl (C=O) groups excluding carboxylic acids is 2. The highest BCUT2D eigenvalue weighted by molar-refractivity contribution is 7.19. The maximum atomic E-state index is 14.1. The predicted molar refractivity (Wildman–Crippen MR) is 140 cm³/mol. The second-order valence-corrected chi connectivity index (χ2v) is 11.7. The van der Waals surface area contributed by atoms with Gasteiger partial charge in [0.1, 0.15) is 11.2 Å². The Hall–Kier alpha value is -2.60. The van der Waals surface area contributed by atoms with Crippen molar-refractivity contribution in [1.82, 2.24) is 9.88 Å². The maximum Gasteiger partial charge on any atom is 0.275 e. The molecule has 1 atom stereocenters. The summed E-state index contributed by atoms with van der Waals surface area (Å²) in [7, 11) is 0. The zero-order valence-electron chi connectivity index (χ0n) is 20.9. The average molecular weight is 478 g/mol. The third kappa shape index (κ3) is 3.76. The van der Waals surface area contributed by atoms with Gasteiger partial charge in [-0.3, -0.25) is 14.5 Å². The molecule has 3 aromatic rings. The number of nitrogens with zero attached hydrogens (tertiary/aromatic N) is 2. The largest absolute Gasteiger partial charge is 0.351 e. The number of rotatable bonds is 4. The Morgan fingerprint density at radius 1 is 1.15 bits per heavy atom. The van der Waals surface area contributed by atoms with Crippen LogP contribution in [0, 0.1) is 19.8 Å². The van der Waals surface area contributed by atoms with Crippen LogP contribution < -0.4 is 10.2 Å². The predicted octanol–water partition coefficient (Wildman–Crippen LogP) is 6.00. The van der Waals surface area contributed by atoms with Crippen LogP contribution in [0.3, 0.4) is 0 Å². The first-order chi connectivity index (χ1) is 16.2. The van der Waals surface area contributed by atoms with Gasteiger partial charge in [-0.1, -0.05) is 26.0 Å². The Bertz CT molecular complexity index is 1260. The molecule has 0 radical (unpaired) electrons. The first-order valence-corrected chi connectivity index (χ1v) is 13.4. The van der Waals surface area contributed by atoms with Gasteiger partial charge in [0.15, 0.2) is 0 Å².